The highest BCUT2D eigenvalue weighted by Gasteiger charge is 2.10. The van der Waals surface area contributed by atoms with Gasteiger partial charge >= 0.3 is 0 Å². The van der Waals surface area contributed by atoms with Crippen molar-refractivity contribution in [3.63, 3.8) is 0 Å². The number of primary sulfonamides is 1. The molecule has 0 saturated carbocycles. The third-order valence-corrected chi connectivity index (χ3v) is 3.16. The zero-order valence-electron chi connectivity index (χ0n) is 9.05. The van der Waals surface area contributed by atoms with Crippen molar-refractivity contribution >= 4 is 10.0 Å². The van der Waals surface area contributed by atoms with Crippen LogP contribution in [0.4, 0.5) is 0 Å². The fourth-order valence-electron chi connectivity index (χ4n) is 1.36. The van der Waals surface area contributed by atoms with Gasteiger partial charge in [-0.25, -0.2) is 13.6 Å². The van der Waals surface area contributed by atoms with Crippen molar-refractivity contribution in [1.82, 2.24) is 5.32 Å². The van der Waals surface area contributed by atoms with Crippen molar-refractivity contribution < 1.29 is 13.5 Å². The first-order valence-corrected chi connectivity index (χ1v) is 6.47. The van der Waals surface area contributed by atoms with Gasteiger partial charge in [-0.3, -0.25) is 0 Å². The second kappa shape index (κ2) is 5.40. The number of aliphatic hydroxyl groups is 1. The first-order chi connectivity index (χ1) is 7.45. The highest BCUT2D eigenvalue weighted by molar-refractivity contribution is 7.89. The van der Waals surface area contributed by atoms with Crippen molar-refractivity contribution in [2.24, 2.45) is 5.14 Å². The molecule has 1 rings (SSSR count). The average molecular weight is 244 g/mol. The Morgan fingerprint density at radius 1 is 1.50 bits per heavy atom. The van der Waals surface area contributed by atoms with E-state index in [4.69, 9.17) is 10.2 Å². The van der Waals surface area contributed by atoms with E-state index in [2.05, 4.69) is 5.32 Å². The van der Waals surface area contributed by atoms with Gasteiger partial charge in [-0.05, 0) is 24.6 Å². The lowest BCUT2D eigenvalue weighted by atomic mass is 10.1. The standard InChI is InChI=1S/C10H16N2O3S/c1-8(12-5-6-13)9-3-2-4-10(7-9)16(11,14)15/h2-4,7-8,12-13H,5-6H2,1H3,(H2,11,14,15). The lowest BCUT2D eigenvalue weighted by molar-refractivity contribution is 0.286. The number of aliphatic hydroxyl groups excluding tert-OH is 1. The zero-order chi connectivity index (χ0) is 12.2. The third kappa shape index (κ3) is 3.57. The second-order valence-corrected chi connectivity index (χ2v) is 5.08. The molecule has 0 spiro atoms. The van der Waals surface area contributed by atoms with Crippen LogP contribution in [0.2, 0.25) is 0 Å². The number of benzene rings is 1. The van der Waals surface area contributed by atoms with Crippen LogP contribution in [-0.4, -0.2) is 26.7 Å². The maximum absolute atomic E-state index is 11.1. The summed E-state index contributed by atoms with van der Waals surface area (Å²) >= 11 is 0. The first-order valence-electron chi connectivity index (χ1n) is 4.92. The van der Waals surface area contributed by atoms with Crippen LogP contribution in [0.25, 0.3) is 0 Å². The van der Waals surface area contributed by atoms with E-state index in [9.17, 15) is 8.42 Å². The minimum absolute atomic E-state index is 0.0335. The van der Waals surface area contributed by atoms with E-state index < -0.39 is 10.0 Å². The molecule has 0 amide bonds. The Hall–Kier alpha value is -0.950. The van der Waals surface area contributed by atoms with Crippen LogP contribution in [0.15, 0.2) is 29.2 Å². The molecule has 1 atom stereocenters. The summed E-state index contributed by atoms with van der Waals surface area (Å²) in [7, 11) is -3.66. The summed E-state index contributed by atoms with van der Waals surface area (Å²) in [5.41, 5.74) is 0.819. The minimum Gasteiger partial charge on any atom is -0.395 e. The quantitative estimate of drug-likeness (QED) is 0.678. The third-order valence-electron chi connectivity index (χ3n) is 2.25. The van der Waals surface area contributed by atoms with Gasteiger partial charge in [-0.2, -0.15) is 0 Å². The first kappa shape index (κ1) is 13.1. The van der Waals surface area contributed by atoms with Crippen molar-refractivity contribution in [3.8, 4) is 0 Å². The number of sulfonamides is 1. The number of rotatable bonds is 5. The summed E-state index contributed by atoms with van der Waals surface area (Å²) in [5, 5.41) is 16.7. The molecule has 0 aliphatic carbocycles. The molecular formula is C10H16N2O3S. The summed E-state index contributed by atoms with van der Waals surface area (Å²) in [5.74, 6) is 0. The minimum atomic E-state index is -3.66. The number of nitrogens with two attached hydrogens (primary N) is 1. The topological polar surface area (TPSA) is 92.4 Å². The summed E-state index contributed by atoms with van der Waals surface area (Å²) < 4.78 is 22.3. The number of hydrogen-bond donors (Lipinski definition) is 3. The molecule has 0 aromatic heterocycles. The molecule has 0 aliphatic rings. The predicted molar refractivity (Wildman–Crippen MR) is 61.3 cm³/mol. The molecule has 1 aromatic rings. The van der Waals surface area contributed by atoms with Crippen LogP contribution in [0.5, 0.6) is 0 Å². The molecule has 5 nitrogen and oxygen atoms in total. The maximum atomic E-state index is 11.1. The van der Waals surface area contributed by atoms with Gasteiger partial charge in [-0.15, -0.1) is 0 Å². The Labute approximate surface area is 95.3 Å². The largest absolute Gasteiger partial charge is 0.395 e. The van der Waals surface area contributed by atoms with Crippen LogP contribution in [0.1, 0.15) is 18.5 Å². The van der Waals surface area contributed by atoms with E-state index in [-0.39, 0.29) is 17.5 Å². The Balaban J connectivity index is 2.90. The number of hydrogen-bond acceptors (Lipinski definition) is 4. The van der Waals surface area contributed by atoms with E-state index >= 15 is 0 Å². The van der Waals surface area contributed by atoms with E-state index in [1.54, 1.807) is 6.07 Å². The van der Waals surface area contributed by atoms with Crippen LogP contribution in [0.3, 0.4) is 0 Å². The van der Waals surface area contributed by atoms with Crippen molar-refractivity contribution in [1.29, 1.82) is 0 Å². The van der Waals surface area contributed by atoms with E-state index in [1.807, 2.05) is 13.0 Å². The Morgan fingerprint density at radius 2 is 2.19 bits per heavy atom. The van der Waals surface area contributed by atoms with Crippen molar-refractivity contribution in [3.05, 3.63) is 29.8 Å². The fourth-order valence-corrected chi connectivity index (χ4v) is 1.93. The molecule has 0 radical (unpaired) electrons. The van der Waals surface area contributed by atoms with Gasteiger partial charge in [0.1, 0.15) is 0 Å². The lowest BCUT2D eigenvalue weighted by Crippen LogP contribution is -2.22. The highest BCUT2D eigenvalue weighted by atomic mass is 32.2. The molecule has 4 N–H and O–H groups in total. The van der Waals surface area contributed by atoms with Crippen LogP contribution in [-0.2, 0) is 10.0 Å². The Morgan fingerprint density at radius 3 is 2.75 bits per heavy atom. The molecule has 0 aliphatic heterocycles. The van der Waals surface area contributed by atoms with E-state index in [1.165, 1.54) is 12.1 Å². The van der Waals surface area contributed by atoms with Gasteiger partial charge in [0.05, 0.1) is 11.5 Å². The van der Waals surface area contributed by atoms with Crippen LogP contribution >= 0.6 is 0 Å². The normalized spacial score (nSPS) is 13.7. The molecule has 0 bridgehead atoms. The maximum Gasteiger partial charge on any atom is 0.238 e. The Kier molecular flexibility index (Phi) is 4.43. The average Bonchev–Trinajstić information content (AvgIpc) is 2.25. The fraction of sp³-hybridized carbons (Fsp3) is 0.400. The van der Waals surface area contributed by atoms with Crippen LogP contribution < -0.4 is 10.5 Å². The summed E-state index contributed by atoms with van der Waals surface area (Å²) in [6.07, 6.45) is 0. The monoisotopic (exact) mass is 244 g/mol. The number of nitrogens with one attached hydrogen (secondary N) is 1. The van der Waals surface area contributed by atoms with E-state index in [0.717, 1.165) is 5.56 Å². The van der Waals surface area contributed by atoms with Gasteiger partial charge in [-0.1, -0.05) is 12.1 Å². The van der Waals surface area contributed by atoms with Gasteiger partial charge in [0.25, 0.3) is 0 Å². The molecule has 0 saturated heterocycles. The zero-order valence-corrected chi connectivity index (χ0v) is 9.87. The molecule has 1 unspecified atom stereocenters. The predicted octanol–water partition coefficient (Wildman–Crippen LogP) is -0.0231. The highest BCUT2D eigenvalue weighted by Crippen LogP contribution is 2.16. The second-order valence-electron chi connectivity index (χ2n) is 3.52. The molecular weight excluding hydrogens is 228 g/mol. The molecule has 0 heterocycles. The van der Waals surface area contributed by atoms with E-state index in [0.29, 0.717) is 6.54 Å². The van der Waals surface area contributed by atoms with Gasteiger partial charge in [0, 0.05) is 12.6 Å². The Bertz CT molecular complexity index is 445. The molecule has 6 heteroatoms. The van der Waals surface area contributed by atoms with Gasteiger partial charge in [0.15, 0.2) is 0 Å². The molecule has 1 aromatic carbocycles. The summed E-state index contributed by atoms with van der Waals surface area (Å²) in [6.45, 7) is 2.39. The molecule has 0 fully saturated rings. The smallest absolute Gasteiger partial charge is 0.238 e. The molecule has 16 heavy (non-hydrogen) atoms. The van der Waals surface area contributed by atoms with Gasteiger partial charge < -0.3 is 10.4 Å². The van der Waals surface area contributed by atoms with Crippen molar-refractivity contribution in [2.75, 3.05) is 13.2 Å². The lowest BCUT2D eigenvalue weighted by Gasteiger charge is -2.13. The summed E-state index contributed by atoms with van der Waals surface area (Å²) in [6, 6.07) is 6.41. The molecule has 90 valence electrons. The van der Waals surface area contributed by atoms with Crippen molar-refractivity contribution in [2.45, 2.75) is 17.9 Å². The summed E-state index contributed by atoms with van der Waals surface area (Å²) in [4.78, 5) is 0.0997. The van der Waals surface area contributed by atoms with Crippen LogP contribution in [0, 0.1) is 0 Å². The SMILES string of the molecule is CC(NCCO)c1cccc(S(N)(=O)=O)c1. The van der Waals surface area contributed by atoms with Gasteiger partial charge in [0.2, 0.25) is 10.0 Å².